The van der Waals surface area contributed by atoms with Crippen LogP contribution in [0.4, 0.5) is 0 Å². The first-order chi connectivity index (χ1) is 17.3. The fourth-order valence-corrected chi connectivity index (χ4v) is 9.41. The zero-order valence-electron chi connectivity index (χ0n) is 22.3. The minimum atomic E-state index is -0.681. The second kappa shape index (κ2) is 10.4. The Bertz CT molecular complexity index is 992. The summed E-state index contributed by atoms with van der Waals surface area (Å²) in [5.74, 6) is 6.59. The molecule has 4 fully saturated rings. The Morgan fingerprint density at radius 3 is 2.50 bits per heavy atom. The number of carbonyl (C=O) groups is 2. The molecule has 1 aromatic carbocycles. The van der Waals surface area contributed by atoms with Crippen LogP contribution >= 0.6 is 0 Å². The Balaban J connectivity index is 1.13. The molecule has 0 heterocycles. The molecule has 4 aliphatic carbocycles. The highest BCUT2D eigenvalue weighted by Gasteiger charge is 2.59. The summed E-state index contributed by atoms with van der Waals surface area (Å²) in [4.78, 5) is 24.6. The number of rotatable bonds is 7. The molecule has 1 aromatic rings. The lowest BCUT2D eigenvalue weighted by atomic mass is 9.44. The van der Waals surface area contributed by atoms with Gasteiger partial charge in [0.1, 0.15) is 6.61 Å². The largest absolute Gasteiger partial charge is 0.455 e. The highest BCUT2D eigenvalue weighted by molar-refractivity contribution is 6.33. The minimum Gasteiger partial charge on any atom is -0.455 e. The van der Waals surface area contributed by atoms with E-state index >= 15 is 0 Å². The smallest absolute Gasteiger partial charge is 0.374 e. The number of ketones is 1. The summed E-state index contributed by atoms with van der Waals surface area (Å²) < 4.78 is 5.24. The topological polar surface area (TPSA) is 43.4 Å². The van der Waals surface area contributed by atoms with Crippen molar-refractivity contribution >= 4 is 11.8 Å². The van der Waals surface area contributed by atoms with Gasteiger partial charge in [-0.3, -0.25) is 4.79 Å². The number of Topliss-reactive ketones (excluding diaryl/α,β-unsaturated/α-hetero) is 1. The third-order valence-electron chi connectivity index (χ3n) is 11.5. The van der Waals surface area contributed by atoms with E-state index in [-0.39, 0.29) is 12.4 Å². The molecule has 4 aliphatic rings. The Hall–Kier alpha value is -2.08. The molecule has 0 bridgehead atoms. The number of carbonyl (C=O) groups excluding carboxylic acids is 2. The van der Waals surface area contributed by atoms with Crippen LogP contribution in [0.5, 0.6) is 0 Å². The van der Waals surface area contributed by atoms with Crippen molar-refractivity contribution in [1.82, 2.24) is 0 Å². The van der Waals surface area contributed by atoms with Gasteiger partial charge >= 0.3 is 5.97 Å². The van der Waals surface area contributed by atoms with Crippen LogP contribution in [0.2, 0.25) is 0 Å². The van der Waals surface area contributed by atoms with Gasteiger partial charge in [-0.25, -0.2) is 4.79 Å². The van der Waals surface area contributed by atoms with Crippen molar-refractivity contribution in [3.05, 3.63) is 35.9 Å². The van der Waals surface area contributed by atoms with Gasteiger partial charge in [-0.15, -0.1) is 12.3 Å². The number of hydrogen-bond acceptors (Lipinski definition) is 3. The molecule has 0 saturated heterocycles. The number of fused-ring (bicyclic) bond motifs is 5. The van der Waals surface area contributed by atoms with Gasteiger partial charge in [-0.05, 0) is 117 Å². The van der Waals surface area contributed by atoms with E-state index in [0.717, 1.165) is 42.1 Å². The fraction of sp³-hybridized carbons (Fsp3) is 0.697. The highest BCUT2D eigenvalue weighted by atomic mass is 16.5. The second-order valence-electron chi connectivity index (χ2n) is 13.0. The molecule has 0 N–H and O–H groups in total. The summed E-state index contributed by atoms with van der Waals surface area (Å²) in [7, 11) is 0. The van der Waals surface area contributed by atoms with Gasteiger partial charge in [0, 0.05) is 12.3 Å². The maximum atomic E-state index is 12.4. The molecule has 4 unspecified atom stereocenters. The van der Waals surface area contributed by atoms with E-state index in [0.29, 0.717) is 29.1 Å². The van der Waals surface area contributed by atoms with Crippen molar-refractivity contribution in [3.8, 4) is 12.3 Å². The lowest BCUT2D eigenvalue weighted by molar-refractivity contribution is -0.155. The van der Waals surface area contributed by atoms with E-state index in [1.165, 1.54) is 57.8 Å². The molecule has 5 rings (SSSR count). The van der Waals surface area contributed by atoms with Gasteiger partial charge < -0.3 is 4.74 Å². The van der Waals surface area contributed by atoms with Crippen molar-refractivity contribution in [2.24, 2.45) is 46.3 Å². The number of ether oxygens (including phenoxy) is 1. The fourth-order valence-electron chi connectivity index (χ4n) is 9.41. The van der Waals surface area contributed by atoms with E-state index in [1.807, 2.05) is 30.3 Å². The van der Waals surface area contributed by atoms with E-state index in [2.05, 4.69) is 19.8 Å². The predicted molar refractivity (Wildman–Crippen MR) is 143 cm³/mol. The number of esters is 1. The van der Waals surface area contributed by atoms with E-state index < -0.39 is 5.97 Å². The third-order valence-corrected chi connectivity index (χ3v) is 11.5. The predicted octanol–water partition coefficient (Wildman–Crippen LogP) is 7.38. The summed E-state index contributed by atoms with van der Waals surface area (Å²) >= 11 is 0. The van der Waals surface area contributed by atoms with Crippen LogP contribution in [-0.2, 0) is 20.9 Å². The molecular weight excluding hydrogens is 444 g/mol. The highest BCUT2D eigenvalue weighted by Crippen LogP contribution is 2.68. The SMILES string of the molecule is C#C[C@@H]1CC[C@@]2(C)C(CCC3C2CC[C@@]2(C)C3CC[C@@H]2CCCC(=O)C(=O)OCc2ccccc2)C1. The van der Waals surface area contributed by atoms with Gasteiger partial charge in [0.15, 0.2) is 0 Å². The zero-order valence-corrected chi connectivity index (χ0v) is 22.3. The maximum absolute atomic E-state index is 12.4. The van der Waals surface area contributed by atoms with Gasteiger partial charge in [-0.1, -0.05) is 44.2 Å². The van der Waals surface area contributed by atoms with Crippen molar-refractivity contribution in [2.75, 3.05) is 0 Å². The molecule has 0 aliphatic heterocycles. The van der Waals surface area contributed by atoms with Gasteiger partial charge in [0.2, 0.25) is 5.78 Å². The van der Waals surface area contributed by atoms with Crippen LogP contribution in [-0.4, -0.2) is 11.8 Å². The van der Waals surface area contributed by atoms with Crippen molar-refractivity contribution in [1.29, 1.82) is 0 Å². The van der Waals surface area contributed by atoms with E-state index in [1.54, 1.807) is 0 Å². The Labute approximate surface area is 218 Å². The minimum absolute atomic E-state index is 0.166. The molecule has 3 nitrogen and oxygen atoms in total. The van der Waals surface area contributed by atoms with Crippen LogP contribution in [0.1, 0.15) is 96.5 Å². The average molecular weight is 489 g/mol. The van der Waals surface area contributed by atoms with Gasteiger partial charge in [0.25, 0.3) is 0 Å². The van der Waals surface area contributed by atoms with E-state index in [9.17, 15) is 9.59 Å². The first-order valence-corrected chi connectivity index (χ1v) is 14.5. The van der Waals surface area contributed by atoms with Gasteiger partial charge in [0.05, 0.1) is 0 Å². The second-order valence-corrected chi connectivity index (χ2v) is 13.0. The average Bonchev–Trinajstić information content (AvgIpc) is 3.23. The lowest BCUT2D eigenvalue weighted by Gasteiger charge is -2.61. The monoisotopic (exact) mass is 488 g/mol. The normalized spacial score (nSPS) is 39.2. The molecule has 0 radical (unpaired) electrons. The van der Waals surface area contributed by atoms with Crippen molar-refractivity contribution in [3.63, 3.8) is 0 Å². The molecular formula is C33H44O3. The standard InChI is InChI=1S/C33H44O3/c1-4-23-17-19-33(3)26(21-23)13-15-27-28-16-14-25(32(28,2)20-18-29(27)33)11-8-12-30(34)31(35)36-22-24-9-6-5-7-10-24/h1,5-7,9-10,23,25-29H,8,11-22H2,2-3H3/t23-,25+,26?,27?,28?,29?,32-,33+/m1/s1. The van der Waals surface area contributed by atoms with Crippen LogP contribution in [0.15, 0.2) is 30.3 Å². The first-order valence-electron chi connectivity index (χ1n) is 14.5. The first kappa shape index (κ1) is 25.6. The van der Waals surface area contributed by atoms with E-state index in [4.69, 9.17) is 11.2 Å². The summed E-state index contributed by atoms with van der Waals surface area (Å²) in [5.41, 5.74) is 1.80. The summed E-state index contributed by atoms with van der Waals surface area (Å²) in [6, 6.07) is 9.54. The van der Waals surface area contributed by atoms with Crippen LogP contribution < -0.4 is 0 Å². The third kappa shape index (κ3) is 4.66. The molecule has 0 amide bonds. The molecule has 8 atom stereocenters. The summed E-state index contributed by atoms with van der Waals surface area (Å²) in [5, 5.41) is 0. The number of hydrogen-bond donors (Lipinski definition) is 0. The Morgan fingerprint density at radius 2 is 1.72 bits per heavy atom. The van der Waals surface area contributed by atoms with Crippen molar-refractivity contribution < 1.29 is 14.3 Å². The zero-order chi connectivity index (χ0) is 25.3. The molecule has 0 aromatic heterocycles. The molecule has 0 spiro atoms. The maximum Gasteiger partial charge on any atom is 0.374 e. The van der Waals surface area contributed by atoms with Crippen LogP contribution in [0.3, 0.4) is 0 Å². The molecule has 194 valence electrons. The van der Waals surface area contributed by atoms with Crippen LogP contribution in [0.25, 0.3) is 0 Å². The summed E-state index contributed by atoms with van der Waals surface area (Å²) in [6.07, 6.45) is 19.9. The lowest BCUT2D eigenvalue weighted by Crippen LogP contribution is -2.53. The molecule has 4 saturated carbocycles. The van der Waals surface area contributed by atoms with Gasteiger partial charge in [-0.2, -0.15) is 0 Å². The number of terminal acetylenes is 1. The Morgan fingerprint density at radius 1 is 0.972 bits per heavy atom. The van der Waals surface area contributed by atoms with Crippen molar-refractivity contribution in [2.45, 2.75) is 97.5 Å². The molecule has 36 heavy (non-hydrogen) atoms. The Kier molecular flexibility index (Phi) is 7.35. The molecule has 3 heteroatoms. The quantitative estimate of drug-likeness (QED) is 0.228. The number of benzene rings is 1. The summed E-state index contributed by atoms with van der Waals surface area (Å²) in [6.45, 7) is 5.34. The van der Waals surface area contributed by atoms with Crippen LogP contribution in [0, 0.1) is 58.7 Å².